The third-order valence-electron chi connectivity index (χ3n) is 2.66. The molecule has 0 radical (unpaired) electrons. The number of aromatic nitrogens is 2. The quantitative estimate of drug-likeness (QED) is 0.551. The fraction of sp³-hybridized carbons (Fsp3) is 0.667. The second-order valence-corrected chi connectivity index (χ2v) is 4.17. The molecule has 0 unspecified atom stereocenters. The van der Waals surface area contributed by atoms with Crippen LogP contribution in [0.2, 0.25) is 0 Å². The minimum absolute atomic E-state index is 0.434. The molecular formula is C12H21N3O2. The van der Waals surface area contributed by atoms with Crippen molar-refractivity contribution in [2.45, 2.75) is 32.7 Å². The maximum Gasteiger partial charge on any atom is 0.316 e. The number of nitrogens with one attached hydrogen (secondary N) is 1. The molecule has 1 aromatic rings. The number of hydrogen-bond donors (Lipinski definition) is 1. The lowest BCUT2D eigenvalue weighted by atomic mass is 10.3. The van der Waals surface area contributed by atoms with E-state index in [2.05, 4.69) is 12.2 Å². The molecule has 96 valence electrons. The molecule has 5 heteroatoms. The molecule has 0 bridgehead atoms. The Morgan fingerprint density at radius 2 is 1.88 bits per heavy atom. The smallest absolute Gasteiger partial charge is 0.316 e. The van der Waals surface area contributed by atoms with E-state index in [4.69, 9.17) is 0 Å². The second kappa shape index (κ2) is 7.06. The molecule has 0 fully saturated rings. The highest BCUT2D eigenvalue weighted by Gasteiger charge is 2.01. The van der Waals surface area contributed by atoms with Gasteiger partial charge in [-0.15, -0.1) is 0 Å². The third-order valence-corrected chi connectivity index (χ3v) is 2.66. The van der Waals surface area contributed by atoms with Gasteiger partial charge in [-0.1, -0.05) is 6.92 Å². The van der Waals surface area contributed by atoms with Crippen molar-refractivity contribution >= 4 is 0 Å². The molecule has 0 spiro atoms. The first-order chi connectivity index (χ1) is 8.16. The van der Waals surface area contributed by atoms with Crippen LogP contribution >= 0.6 is 0 Å². The molecule has 17 heavy (non-hydrogen) atoms. The first-order valence-electron chi connectivity index (χ1n) is 6.13. The van der Waals surface area contributed by atoms with Crippen molar-refractivity contribution < 1.29 is 0 Å². The summed E-state index contributed by atoms with van der Waals surface area (Å²) in [4.78, 5) is 23.0. The van der Waals surface area contributed by atoms with E-state index in [0.717, 1.165) is 32.4 Å². The summed E-state index contributed by atoms with van der Waals surface area (Å²) in [7, 11) is 1.59. The summed E-state index contributed by atoms with van der Waals surface area (Å²) in [6, 6.07) is 0. The molecule has 1 N–H and O–H groups in total. The molecule has 1 heterocycles. The maximum atomic E-state index is 11.6. The van der Waals surface area contributed by atoms with Crippen molar-refractivity contribution in [1.29, 1.82) is 0 Å². The molecule has 1 rings (SSSR count). The highest BCUT2D eigenvalue weighted by molar-refractivity contribution is 4.84. The van der Waals surface area contributed by atoms with Crippen LogP contribution in [0, 0.1) is 0 Å². The summed E-state index contributed by atoms with van der Waals surface area (Å²) in [6.07, 6.45) is 6.35. The van der Waals surface area contributed by atoms with Crippen LogP contribution in [0.5, 0.6) is 0 Å². The maximum absolute atomic E-state index is 11.6. The SMILES string of the molecule is CCCNCCCCn1ccn(C)c(=O)c1=O. The number of aryl methyl sites for hydroxylation is 2. The molecule has 0 aliphatic carbocycles. The molecular weight excluding hydrogens is 218 g/mol. The van der Waals surface area contributed by atoms with Gasteiger partial charge >= 0.3 is 11.1 Å². The van der Waals surface area contributed by atoms with Crippen molar-refractivity contribution in [3.63, 3.8) is 0 Å². The van der Waals surface area contributed by atoms with E-state index in [1.807, 2.05) is 0 Å². The van der Waals surface area contributed by atoms with Gasteiger partial charge in [-0.3, -0.25) is 9.59 Å². The van der Waals surface area contributed by atoms with E-state index in [-0.39, 0.29) is 0 Å². The van der Waals surface area contributed by atoms with Gasteiger partial charge in [-0.25, -0.2) is 0 Å². The van der Waals surface area contributed by atoms with Crippen LogP contribution in [0.15, 0.2) is 22.0 Å². The number of unbranched alkanes of at least 4 members (excludes halogenated alkanes) is 1. The molecule has 0 atom stereocenters. The fourth-order valence-corrected chi connectivity index (χ4v) is 1.60. The summed E-state index contributed by atoms with van der Waals surface area (Å²) in [6.45, 7) is 4.74. The minimum atomic E-state index is -0.461. The van der Waals surface area contributed by atoms with E-state index in [9.17, 15) is 9.59 Å². The molecule has 0 aromatic carbocycles. The molecule has 0 saturated carbocycles. The van der Waals surface area contributed by atoms with E-state index >= 15 is 0 Å². The number of nitrogens with zero attached hydrogens (tertiary/aromatic N) is 2. The van der Waals surface area contributed by atoms with Gasteiger partial charge in [0.2, 0.25) is 0 Å². The Bertz CT molecular complexity index is 448. The second-order valence-electron chi connectivity index (χ2n) is 4.17. The lowest BCUT2D eigenvalue weighted by molar-refractivity contribution is 0.549. The molecule has 1 aromatic heterocycles. The Morgan fingerprint density at radius 3 is 2.59 bits per heavy atom. The normalized spacial score (nSPS) is 10.7. The van der Waals surface area contributed by atoms with E-state index in [0.29, 0.717) is 6.54 Å². The molecule has 0 saturated heterocycles. The van der Waals surface area contributed by atoms with Gasteiger partial charge in [0.25, 0.3) is 0 Å². The van der Waals surface area contributed by atoms with Crippen molar-refractivity contribution in [3.05, 3.63) is 33.1 Å². The molecule has 5 nitrogen and oxygen atoms in total. The largest absolute Gasteiger partial charge is 0.317 e. The van der Waals surface area contributed by atoms with Crippen LogP contribution in [0.3, 0.4) is 0 Å². The Labute approximate surface area is 101 Å². The Balaban J connectivity index is 2.40. The van der Waals surface area contributed by atoms with Crippen molar-refractivity contribution in [3.8, 4) is 0 Å². The Morgan fingerprint density at radius 1 is 1.12 bits per heavy atom. The van der Waals surface area contributed by atoms with Gasteiger partial charge in [0.15, 0.2) is 0 Å². The van der Waals surface area contributed by atoms with Crippen LogP contribution in [-0.2, 0) is 13.6 Å². The van der Waals surface area contributed by atoms with Crippen LogP contribution in [-0.4, -0.2) is 22.2 Å². The van der Waals surface area contributed by atoms with Crippen molar-refractivity contribution in [2.75, 3.05) is 13.1 Å². The zero-order valence-electron chi connectivity index (χ0n) is 10.6. The Hall–Kier alpha value is -1.36. The van der Waals surface area contributed by atoms with Crippen LogP contribution in [0.25, 0.3) is 0 Å². The summed E-state index contributed by atoms with van der Waals surface area (Å²) in [5, 5.41) is 3.30. The lowest BCUT2D eigenvalue weighted by Crippen LogP contribution is -2.39. The summed E-state index contributed by atoms with van der Waals surface area (Å²) in [5.41, 5.74) is -0.895. The predicted molar refractivity (Wildman–Crippen MR) is 68.3 cm³/mol. The third kappa shape index (κ3) is 4.19. The van der Waals surface area contributed by atoms with Gasteiger partial charge in [0, 0.05) is 26.0 Å². The van der Waals surface area contributed by atoms with Crippen molar-refractivity contribution in [2.24, 2.45) is 7.05 Å². The molecule has 0 amide bonds. The summed E-state index contributed by atoms with van der Waals surface area (Å²) >= 11 is 0. The highest BCUT2D eigenvalue weighted by atomic mass is 16.2. The average molecular weight is 239 g/mol. The first-order valence-corrected chi connectivity index (χ1v) is 6.13. The average Bonchev–Trinajstić information content (AvgIpc) is 2.33. The lowest BCUT2D eigenvalue weighted by Gasteiger charge is -2.06. The van der Waals surface area contributed by atoms with Crippen LogP contribution in [0.4, 0.5) is 0 Å². The standard InChI is InChI=1S/C12H21N3O2/c1-3-6-13-7-4-5-8-15-10-9-14(2)11(16)12(15)17/h9-10,13H,3-8H2,1-2H3. The number of rotatable bonds is 7. The Kier molecular flexibility index (Phi) is 5.69. The zero-order chi connectivity index (χ0) is 12.7. The van der Waals surface area contributed by atoms with E-state index in [1.165, 1.54) is 9.13 Å². The van der Waals surface area contributed by atoms with E-state index < -0.39 is 11.1 Å². The van der Waals surface area contributed by atoms with E-state index in [1.54, 1.807) is 19.4 Å². The monoisotopic (exact) mass is 239 g/mol. The van der Waals surface area contributed by atoms with Crippen LogP contribution < -0.4 is 16.4 Å². The highest BCUT2D eigenvalue weighted by Crippen LogP contribution is 1.91. The summed E-state index contributed by atoms with van der Waals surface area (Å²) < 4.78 is 2.80. The molecule has 0 aliphatic rings. The topological polar surface area (TPSA) is 56.0 Å². The first kappa shape index (κ1) is 13.7. The fourth-order valence-electron chi connectivity index (χ4n) is 1.60. The van der Waals surface area contributed by atoms with Gasteiger partial charge in [-0.05, 0) is 32.4 Å². The van der Waals surface area contributed by atoms with Gasteiger partial charge in [0.05, 0.1) is 0 Å². The zero-order valence-corrected chi connectivity index (χ0v) is 10.6. The van der Waals surface area contributed by atoms with Crippen LogP contribution in [0.1, 0.15) is 26.2 Å². The summed E-state index contributed by atoms with van der Waals surface area (Å²) in [5.74, 6) is 0. The molecule has 0 aliphatic heterocycles. The number of hydrogen-bond acceptors (Lipinski definition) is 3. The predicted octanol–water partition coefficient (Wildman–Crippen LogP) is 0.327. The minimum Gasteiger partial charge on any atom is -0.317 e. The van der Waals surface area contributed by atoms with Gasteiger partial charge in [-0.2, -0.15) is 0 Å². The van der Waals surface area contributed by atoms with Gasteiger partial charge < -0.3 is 14.5 Å². The van der Waals surface area contributed by atoms with Gasteiger partial charge in [0.1, 0.15) is 0 Å². The van der Waals surface area contributed by atoms with Crippen molar-refractivity contribution in [1.82, 2.24) is 14.5 Å².